The molecule has 2 aliphatic heterocycles. The van der Waals surface area contributed by atoms with Crippen molar-refractivity contribution in [2.75, 3.05) is 46.3 Å². The van der Waals surface area contributed by atoms with Crippen molar-refractivity contribution in [3.05, 3.63) is 35.8 Å². The van der Waals surface area contributed by atoms with Crippen LogP contribution in [0.4, 0.5) is 0 Å². The second kappa shape index (κ2) is 7.38. The minimum absolute atomic E-state index is 0.0214. The van der Waals surface area contributed by atoms with E-state index in [4.69, 9.17) is 0 Å². The first kappa shape index (κ1) is 19.0. The van der Waals surface area contributed by atoms with Gasteiger partial charge in [-0.2, -0.15) is 0 Å². The van der Waals surface area contributed by atoms with Crippen molar-refractivity contribution in [3.8, 4) is 0 Å². The Labute approximate surface area is 171 Å². The van der Waals surface area contributed by atoms with Crippen LogP contribution in [-0.4, -0.2) is 93.6 Å². The average Bonchev–Trinajstić information content (AvgIpc) is 3.32. The number of fused-ring (bicyclic) bond motifs is 2. The number of carbonyl (C=O) groups is 1. The van der Waals surface area contributed by atoms with Gasteiger partial charge in [0.15, 0.2) is 0 Å². The van der Waals surface area contributed by atoms with Crippen LogP contribution in [0.2, 0.25) is 0 Å². The molecule has 2 aromatic heterocycles. The van der Waals surface area contributed by atoms with E-state index in [9.17, 15) is 9.90 Å². The van der Waals surface area contributed by atoms with E-state index in [2.05, 4.69) is 21.8 Å². The maximum Gasteiger partial charge on any atom is 0.274 e. The zero-order valence-corrected chi connectivity index (χ0v) is 17.4. The largest absolute Gasteiger partial charge is 0.391 e. The van der Waals surface area contributed by atoms with Gasteiger partial charge in [0.2, 0.25) is 0 Å². The number of carbonyl (C=O) groups excluding carboxylic acids is 1. The number of hydrogen-bond donors (Lipinski definition) is 1. The van der Waals surface area contributed by atoms with E-state index in [0.717, 1.165) is 63.3 Å². The van der Waals surface area contributed by atoms with Crippen LogP contribution in [0.3, 0.4) is 0 Å². The number of piperazine rings is 1. The van der Waals surface area contributed by atoms with E-state index in [-0.39, 0.29) is 18.1 Å². The van der Waals surface area contributed by atoms with E-state index in [1.807, 2.05) is 40.8 Å². The number of aromatic nitrogens is 2. The molecular formula is C22H31N5O2. The quantitative estimate of drug-likeness (QED) is 0.822. The summed E-state index contributed by atoms with van der Waals surface area (Å²) in [6.07, 6.45) is 5.29. The molecule has 3 fully saturated rings. The van der Waals surface area contributed by atoms with E-state index in [0.29, 0.717) is 17.5 Å². The normalized spacial score (nSPS) is 31.3. The second-order valence-electron chi connectivity index (χ2n) is 9.22. The number of imidazole rings is 1. The Morgan fingerprint density at radius 2 is 1.86 bits per heavy atom. The molecule has 7 heteroatoms. The fraction of sp³-hybridized carbons (Fsp3) is 0.636. The van der Waals surface area contributed by atoms with Crippen molar-refractivity contribution in [2.24, 2.45) is 11.8 Å². The number of likely N-dealkylation sites (N-methyl/N-ethyl adjacent to an activating group) is 1. The molecule has 2 aromatic rings. The lowest BCUT2D eigenvalue weighted by atomic mass is 9.77. The third-order valence-corrected chi connectivity index (χ3v) is 7.30. The van der Waals surface area contributed by atoms with Gasteiger partial charge in [0.1, 0.15) is 11.3 Å². The third kappa shape index (κ3) is 3.45. The standard InChI is InChI=1S/C22H31N5O2/c1-15-4-3-5-26-14-18(23-21(15)26)22(29)27-12-16-10-19(20(28)11-17(16)13-27)25-8-6-24(2)7-9-25/h3-5,14,16-17,19-20,28H,6-13H2,1-2H3/t16-,17+,19-,20-/m1/s1. The van der Waals surface area contributed by atoms with E-state index >= 15 is 0 Å². The fourth-order valence-electron chi connectivity index (χ4n) is 5.54. The maximum atomic E-state index is 13.1. The first-order valence-electron chi connectivity index (χ1n) is 10.8. The Bertz CT molecular complexity index is 904. The average molecular weight is 398 g/mol. The fourth-order valence-corrected chi connectivity index (χ4v) is 5.54. The molecule has 7 nitrogen and oxygen atoms in total. The molecule has 4 atom stereocenters. The Hall–Kier alpha value is -1.96. The van der Waals surface area contributed by atoms with Crippen LogP contribution in [-0.2, 0) is 0 Å². The first-order valence-corrected chi connectivity index (χ1v) is 10.8. The molecule has 4 heterocycles. The predicted molar refractivity (Wildman–Crippen MR) is 111 cm³/mol. The molecule has 1 aliphatic carbocycles. The lowest BCUT2D eigenvalue weighted by Gasteiger charge is -2.44. The Morgan fingerprint density at radius 1 is 1.14 bits per heavy atom. The summed E-state index contributed by atoms with van der Waals surface area (Å²) >= 11 is 0. The van der Waals surface area contributed by atoms with E-state index in [1.54, 1.807) is 0 Å². The molecule has 0 unspecified atom stereocenters. The van der Waals surface area contributed by atoms with Crippen LogP contribution in [0.25, 0.3) is 5.65 Å². The highest BCUT2D eigenvalue weighted by atomic mass is 16.3. The zero-order valence-electron chi connectivity index (χ0n) is 17.4. The summed E-state index contributed by atoms with van der Waals surface area (Å²) < 4.78 is 1.93. The number of aliphatic hydroxyl groups excluding tert-OH is 1. The number of pyridine rings is 1. The van der Waals surface area contributed by atoms with Crippen molar-refractivity contribution in [1.29, 1.82) is 0 Å². The van der Waals surface area contributed by atoms with Gasteiger partial charge in [-0.1, -0.05) is 6.07 Å². The Kier molecular flexibility index (Phi) is 4.84. The van der Waals surface area contributed by atoms with Crippen molar-refractivity contribution < 1.29 is 9.90 Å². The van der Waals surface area contributed by atoms with Gasteiger partial charge < -0.3 is 19.3 Å². The smallest absolute Gasteiger partial charge is 0.274 e. The molecule has 0 aromatic carbocycles. The van der Waals surface area contributed by atoms with Crippen LogP contribution < -0.4 is 0 Å². The van der Waals surface area contributed by atoms with Crippen molar-refractivity contribution in [2.45, 2.75) is 31.9 Å². The molecule has 1 amide bonds. The molecule has 5 rings (SSSR count). The van der Waals surface area contributed by atoms with Gasteiger partial charge in [-0.05, 0) is 50.3 Å². The van der Waals surface area contributed by atoms with Crippen LogP contribution in [0.15, 0.2) is 24.5 Å². The van der Waals surface area contributed by atoms with Crippen LogP contribution in [0.5, 0.6) is 0 Å². The lowest BCUT2D eigenvalue weighted by molar-refractivity contribution is -0.0249. The van der Waals surface area contributed by atoms with Gasteiger partial charge in [0.25, 0.3) is 5.91 Å². The summed E-state index contributed by atoms with van der Waals surface area (Å²) in [7, 11) is 2.16. The molecular weight excluding hydrogens is 366 g/mol. The highest BCUT2D eigenvalue weighted by molar-refractivity contribution is 5.93. The van der Waals surface area contributed by atoms with E-state index in [1.165, 1.54) is 0 Å². The third-order valence-electron chi connectivity index (χ3n) is 7.30. The summed E-state index contributed by atoms with van der Waals surface area (Å²) in [5.74, 6) is 0.898. The summed E-state index contributed by atoms with van der Waals surface area (Å²) in [5, 5.41) is 10.8. The molecule has 1 N–H and O–H groups in total. The lowest BCUT2D eigenvalue weighted by Crippen LogP contribution is -2.55. The minimum atomic E-state index is -0.285. The topological polar surface area (TPSA) is 64.3 Å². The maximum absolute atomic E-state index is 13.1. The monoisotopic (exact) mass is 397 g/mol. The Morgan fingerprint density at radius 3 is 2.59 bits per heavy atom. The summed E-state index contributed by atoms with van der Waals surface area (Å²) in [6.45, 7) is 7.72. The Balaban J connectivity index is 1.28. The first-order chi connectivity index (χ1) is 14.0. The van der Waals surface area contributed by atoms with Gasteiger partial charge in [0.05, 0.1) is 6.10 Å². The minimum Gasteiger partial charge on any atom is -0.391 e. The number of rotatable bonds is 2. The number of hydrogen-bond acceptors (Lipinski definition) is 5. The molecule has 29 heavy (non-hydrogen) atoms. The van der Waals surface area contributed by atoms with Crippen LogP contribution >= 0.6 is 0 Å². The summed E-state index contributed by atoms with van der Waals surface area (Å²) in [4.78, 5) is 24.5. The summed E-state index contributed by atoms with van der Waals surface area (Å²) in [6, 6.07) is 4.22. The molecule has 0 bridgehead atoms. The second-order valence-corrected chi connectivity index (χ2v) is 9.22. The van der Waals surface area contributed by atoms with Crippen LogP contribution in [0, 0.1) is 18.8 Å². The number of aliphatic hydroxyl groups is 1. The molecule has 3 aliphatic rings. The van der Waals surface area contributed by atoms with Crippen molar-refractivity contribution in [1.82, 2.24) is 24.1 Å². The van der Waals surface area contributed by atoms with Crippen LogP contribution in [0.1, 0.15) is 28.9 Å². The van der Waals surface area contributed by atoms with Crippen molar-refractivity contribution in [3.63, 3.8) is 0 Å². The molecule has 1 saturated carbocycles. The number of aryl methyl sites for hydroxylation is 1. The van der Waals surface area contributed by atoms with Gasteiger partial charge in [-0.15, -0.1) is 0 Å². The molecule has 2 saturated heterocycles. The van der Waals surface area contributed by atoms with Crippen molar-refractivity contribution >= 4 is 11.6 Å². The van der Waals surface area contributed by atoms with E-state index < -0.39 is 0 Å². The zero-order chi connectivity index (χ0) is 20.1. The van der Waals surface area contributed by atoms with Gasteiger partial charge in [-0.3, -0.25) is 9.69 Å². The highest BCUT2D eigenvalue weighted by Crippen LogP contribution is 2.39. The highest BCUT2D eigenvalue weighted by Gasteiger charge is 2.45. The number of nitrogens with zero attached hydrogens (tertiary/aromatic N) is 5. The summed E-state index contributed by atoms with van der Waals surface area (Å²) in [5.41, 5.74) is 2.44. The number of likely N-dealkylation sites (tertiary alicyclic amines) is 1. The SMILES string of the molecule is Cc1cccn2cc(C(=O)N3C[C@H]4C[C@@H](N5CCN(C)CC5)[C@H](O)C[C@H]4C3)nc12. The predicted octanol–water partition coefficient (Wildman–Crippen LogP) is 1.10. The molecule has 0 radical (unpaired) electrons. The van der Waals surface area contributed by atoms with Gasteiger partial charge in [-0.25, -0.2) is 4.98 Å². The molecule has 156 valence electrons. The number of amides is 1. The van der Waals surface area contributed by atoms with Gasteiger partial charge >= 0.3 is 0 Å². The molecule has 0 spiro atoms. The van der Waals surface area contributed by atoms with Gasteiger partial charge in [0, 0.05) is 57.7 Å².